The number of rotatable bonds is 3. The van der Waals surface area contributed by atoms with E-state index in [-0.39, 0.29) is 16.3 Å². The van der Waals surface area contributed by atoms with Gasteiger partial charge in [-0.1, -0.05) is 11.6 Å². The largest absolute Gasteiger partial charge is 0.478 e. The van der Waals surface area contributed by atoms with Crippen LogP contribution in [-0.2, 0) is 4.79 Å². The highest BCUT2D eigenvalue weighted by atomic mass is 79.9. The van der Waals surface area contributed by atoms with E-state index < -0.39 is 5.97 Å². The first-order valence-corrected chi connectivity index (χ1v) is 4.66. The van der Waals surface area contributed by atoms with Crippen molar-refractivity contribution >= 4 is 45.6 Å². The van der Waals surface area contributed by atoms with E-state index in [9.17, 15) is 9.59 Å². The van der Waals surface area contributed by atoms with Gasteiger partial charge in [0.2, 0.25) is 6.41 Å². The van der Waals surface area contributed by atoms with Crippen LogP contribution in [0.3, 0.4) is 0 Å². The Bertz CT molecular complexity index is 394. The molecule has 0 unspecified atom stereocenters. The van der Waals surface area contributed by atoms with Gasteiger partial charge in [0.15, 0.2) is 0 Å². The third-order valence-electron chi connectivity index (χ3n) is 1.52. The van der Waals surface area contributed by atoms with E-state index >= 15 is 0 Å². The minimum atomic E-state index is -1.19. The average molecular weight is 278 g/mol. The van der Waals surface area contributed by atoms with Crippen LogP contribution in [0.1, 0.15) is 10.4 Å². The summed E-state index contributed by atoms with van der Waals surface area (Å²) in [7, 11) is 0. The summed E-state index contributed by atoms with van der Waals surface area (Å²) >= 11 is 8.78. The van der Waals surface area contributed by atoms with Crippen molar-refractivity contribution < 1.29 is 14.7 Å². The molecule has 0 atom stereocenters. The topological polar surface area (TPSA) is 66.4 Å². The predicted molar refractivity (Wildman–Crippen MR) is 55.8 cm³/mol. The molecule has 74 valence electrons. The van der Waals surface area contributed by atoms with Crippen LogP contribution in [0, 0.1) is 0 Å². The van der Waals surface area contributed by atoms with Crippen molar-refractivity contribution in [3.8, 4) is 0 Å². The second-order valence-corrected chi connectivity index (χ2v) is 3.61. The van der Waals surface area contributed by atoms with Gasteiger partial charge in [0, 0.05) is 4.47 Å². The van der Waals surface area contributed by atoms with Gasteiger partial charge < -0.3 is 10.4 Å². The van der Waals surface area contributed by atoms with Gasteiger partial charge in [0.05, 0.1) is 10.7 Å². The number of halogens is 2. The molecule has 0 aliphatic heterocycles. The fourth-order valence-corrected chi connectivity index (χ4v) is 1.64. The highest BCUT2D eigenvalue weighted by Crippen LogP contribution is 2.31. The van der Waals surface area contributed by atoms with E-state index in [0.29, 0.717) is 10.9 Å². The fraction of sp³-hybridized carbons (Fsp3) is 0. The number of carbonyl (C=O) groups excluding carboxylic acids is 1. The number of hydrogen-bond donors (Lipinski definition) is 2. The number of hydrogen-bond acceptors (Lipinski definition) is 2. The molecule has 0 aliphatic carbocycles. The molecule has 0 aliphatic rings. The van der Waals surface area contributed by atoms with Gasteiger partial charge in [-0.25, -0.2) is 4.79 Å². The summed E-state index contributed by atoms with van der Waals surface area (Å²) in [5.74, 6) is -1.19. The Kier molecular flexibility index (Phi) is 3.49. The Morgan fingerprint density at radius 1 is 1.57 bits per heavy atom. The molecule has 0 aromatic heterocycles. The molecule has 0 saturated heterocycles. The maximum atomic E-state index is 10.8. The molecule has 6 heteroatoms. The zero-order valence-electron chi connectivity index (χ0n) is 6.75. The van der Waals surface area contributed by atoms with Crippen molar-refractivity contribution in [3.63, 3.8) is 0 Å². The molecule has 0 heterocycles. The summed E-state index contributed by atoms with van der Waals surface area (Å²) in [6, 6.07) is 2.99. The molecule has 2 N–H and O–H groups in total. The highest BCUT2D eigenvalue weighted by molar-refractivity contribution is 9.10. The van der Waals surface area contributed by atoms with Crippen LogP contribution < -0.4 is 5.32 Å². The van der Waals surface area contributed by atoms with E-state index in [0.717, 1.165) is 0 Å². The standard InChI is InChI=1S/C8H5BrClNO3/c9-4-1-2-5(10)6(8(13)14)7(4)11-3-12/h1-3H,(H,11,12)(H,13,14). The monoisotopic (exact) mass is 277 g/mol. The van der Waals surface area contributed by atoms with Crippen LogP contribution in [0.15, 0.2) is 16.6 Å². The predicted octanol–water partition coefficient (Wildman–Crippen LogP) is 2.37. The molecular weight excluding hydrogens is 273 g/mol. The van der Waals surface area contributed by atoms with Crippen LogP contribution in [-0.4, -0.2) is 17.5 Å². The third kappa shape index (κ3) is 2.05. The molecule has 1 aromatic carbocycles. The van der Waals surface area contributed by atoms with E-state index in [1.165, 1.54) is 6.07 Å². The van der Waals surface area contributed by atoms with Crippen molar-refractivity contribution in [2.75, 3.05) is 5.32 Å². The van der Waals surface area contributed by atoms with Crippen molar-refractivity contribution in [2.45, 2.75) is 0 Å². The quantitative estimate of drug-likeness (QED) is 0.834. The Morgan fingerprint density at radius 2 is 2.21 bits per heavy atom. The summed E-state index contributed by atoms with van der Waals surface area (Å²) in [5.41, 5.74) is 0.0214. The van der Waals surface area contributed by atoms with Gasteiger partial charge in [0.1, 0.15) is 5.56 Å². The maximum absolute atomic E-state index is 10.8. The average Bonchev–Trinajstić information content (AvgIpc) is 2.11. The van der Waals surface area contributed by atoms with E-state index in [4.69, 9.17) is 16.7 Å². The number of carboxylic acid groups (broad SMARTS) is 1. The van der Waals surface area contributed by atoms with E-state index in [1.54, 1.807) is 6.07 Å². The van der Waals surface area contributed by atoms with Crippen LogP contribution >= 0.6 is 27.5 Å². The molecule has 0 radical (unpaired) electrons. The number of nitrogens with one attached hydrogen (secondary N) is 1. The molecule has 0 saturated carbocycles. The van der Waals surface area contributed by atoms with Gasteiger partial charge in [-0.15, -0.1) is 0 Å². The first-order valence-electron chi connectivity index (χ1n) is 3.49. The number of anilines is 1. The fourth-order valence-electron chi connectivity index (χ4n) is 0.961. The van der Waals surface area contributed by atoms with Gasteiger partial charge >= 0.3 is 5.97 Å². The lowest BCUT2D eigenvalue weighted by molar-refractivity contribution is -0.105. The Morgan fingerprint density at radius 3 is 2.71 bits per heavy atom. The van der Waals surface area contributed by atoms with Gasteiger partial charge in [-0.3, -0.25) is 4.79 Å². The highest BCUT2D eigenvalue weighted by Gasteiger charge is 2.16. The Balaban J connectivity index is 3.40. The smallest absolute Gasteiger partial charge is 0.339 e. The molecule has 0 spiro atoms. The number of carbonyl (C=O) groups is 2. The number of aromatic carboxylic acids is 1. The number of benzene rings is 1. The van der Waals surface area contributed by atoms with Gasteiger partial charge in [-0.2, -0.15) is 0 Å². The summed E-state index contributed by atoms with van der Waals surface area (Å²) in [6.07, 6.45) is 0.392. The number of carboxylic acids is 1. The summed E-state index contributed by atoms with van der Waals surface area (Å²) in [4.78, 5) is 21.1. The molecular formula is C8H5BrClNO3. The van der Waals surface area contributed by atoms with Crippen molar-refractivity contribution in [1.82, 2.24) is 0 Å². The molecule has 1 amide bonds. The lowest BCUT2D eigenvalue weighted by atomic mass is 10.2. The van der Waals surface area contributed by atoms with Crippen LogP contribution in [0.4, 0.5) is 5.69 Å². The van der Waals surface area contributed by atoms with Crippen molar-refractivity contribution in [3.05, 3.63) is 27.2 Å². The lowest BCUT2D eigenvalue weighted by Gasteiger charge is -2.08. The summed E-state index contributed by atoms with van der Waals surface area (Å²) in [5, 5.41) is 11.2. The third-order valence-corrected chi connectivity index (χ3v) is 2.50. The summed E-state index contributed by atoms with van der Waals surface area (Å²) < 4.78 is 0.464. The van der Waals surface area contributed by atoms with Crippen molar-refractivity contribution in [1.29, 1.82) is 0 Å². The van der Waals surface area contributed by atoms with Gasteiger partial charge in [0.25, 0.3) is 0 Å². The van der Waals surface area contributed by atoms with E-state index in [1.807, 2.05) is 0 Å². The lowest BCUT2D eigenvalue weighted by Crippen LogP contribution is -2.06. The van der Waals surface area contributed by atoms with Crippen LogP contribution in [0.25, 0.3) is 0 Å². The number of amides is 1. The summed E-state index contributed by atoms with van der Waals surface area (Å²) in [6.45, 7) is 0. The minimum Gasteiger partial charge on any atom is -0.478 e. The van der Waals surface area contributed by atoms with E-state index in [2.05, 4.69) is 21.2 Å². The molecule has 4 nitrogen and oxygen atoms in total. The Labute approximate surface area is 93.0 Å². The molecule has 1 aromatic rings. The zero-order valence-corrected chi connectivity index (χ0v) is 9.09. The SMILES string of the molecule is O=CNc1c(Br)ccc(Cl)c1C(=O)O. The molecule has 1 rings (SSSR count). The van der Waals surface area contributed by atoms with Crippen LogP contribution in [0.5, 0.6) is 0 Å². The Hall–Kier alpha value is -1.07. The zero-order chi connectivity index (χ0) is 10.7. The molecule has 0 bridgehead atoms. The second-order valence-electron chi connectivity index (χ2n) is 2.35. The molecule has 0 fully saturated rings. The van der Waals surface area contributed by atoms with Gasteiger partial charge in [-0.05, 0) is 28.1 Å². The minimum absolute atomic E-state index is 0.0741. The van der Waals surface area contributed by atoms with Crippen LogP contribution in [0.2, 0.25) is 5.02 Å². The first kappa shape index (κ1) is 11.0. The molecule has 14 heavy (non-hydrogen) atoms. The maximum Gasteiger partial charge on any atom is 0.339 e. The van der Waals surface area contributed by atoms with Crippen molar-refractivity contribution in [2.24, 2.45) is 0 Å². The first-order chi connectivity index (χ1) is 6.57. The second kappa shape index (κ2) is 4.43. The normalized spacial score (nSPS) is 9.57.